The maximum absolute atomic E-state index is 13.1. The minimum atomic E-state index is -4.63. The van der Waals surface area contributed by atoms with Crippen LogP contribution in [0.5, 0.6) is 0 Å². The van der Waals surface area contributed by atoms with Crippen LogP contribution in [0, 0.1) is 11.3 Å². The fourth-order valence-corrected chi connectivity index (χ4v) is 4.40. The molecule has 156 valence electrons. The van der Waals surface area contributed by atoms with Crippen molar-refractivity contribution in [1.29, 1.82) is 5.26 Å². The SMILES string of the molecule is CCN(CC)S(=O)(=O)c1ccc(C(C)Nc2ccc(C#N)c(C(F)(F)F)c2)cc1. The average molecular weight is 425 g/mol. The van der Waals surface area contributed by atoms with Gasteiger partial charge < -0.3 is 5.32 Å². The van der Waals surface area contributed by atoms with Crippen LogP contribution in [0.1, 0.15) is 43.5 Å². The third kappa shape index (κ3) is 5.08. The summed E-state index contributed by atoms with van der Waals surface area (Å²) in [4.78, 5) is 0.162. The summed E-state index contributed by atoms with van der Waals surface area (Å²) in [6.07, 6.45) is -4.63. The van der Waals surface area contributed by atoms with Crippen molar-refractivity contribution < 1.29 is 21.6 Å². The first-order valence-corrected chi connectivity index (χ1v) is 10.5. The maximum atomic E-state index is 13.1. The van der Waals surface area contributed by atoms with Gasteiger partial charge in [-0.25, -0.2) is 8.42 Å². The van der Waals surface area contributed by atoms with Crippen LogP contribution in [0.2, 0.25) is 0 Å². The number of nitrogens with one attached hydrogen (secondary N) is 1. The van der Waals surface area contributed by atoms with Gasteiger partial charge in [0.1, 0.15) is 0 Å². The van der Waals surface area contributed by atoms with Gasteiger partial charge >= 0.3 is 6.18 Å². The lowest BCUT2D eigenvalue weighted by Crippen LogP contribution is -2.30. The van der Waals surface area contributed by atoms with Crippen LogP contribution >= 0.6 is 0 Å². The van der Waals surface area contributed by atoms with Crippen LogP contribution in [0.3, 0.4) is 0 Å². The lowest BCUT2D eigenvalue weighted by atomic mass is 10.1. The summed E-state index contributed by atoms with van der Waals surface area (Å²) in [5.41, 5.74) is -0.524. The Kier molecular flexibility index (Phi) is 6.93. The number of halogens is 3. The van der Waals surface area contributed by atoms with Crippen LogP contribution in [-0.4, -0.2) is 25.8 Å². The number of alkyl halides is 3. The Bertz CT molecular complexity index is 993. The first kappa shape index (κ1) is 22.7. The highest BCUT2D eigenvalue weighted by Gasteiger charge is 2.34. The van der Waals surface area contributed by atoms with E-state index in [1.54, 1.807) is 39.0 Å². The first-order chi connectivity index (χ1) is 13.5. The molecule has 1 unspecified atom stereocenters. The highest BCUT2D eigenvalue weighted by atomic mass is 32.2. The largest absolute Gasteiger partial charge is 0.417 e. The van der Waals surface area contributed by atoms with Crippen LogP contribution in [0.4, 0.5) is 18.9 Å². The summed E-state index contributed by atoms with van der Waals surface area (Å²) in [5.74, 6) is 0. The molecule has 29 heavy (non-hydrogen) atoms. The lowest BCUT2D eigenvalue weighted by Gasteiger charge is -2.20. The molecule has 1 atom stereocenters. The van der Waals surface area contributed by atoms with E-state index in [9.17, 15) is 21.6 Å². The normalized spacial score (nSPS) is 13.2. The van der Waals surface area contributed by atoms with Gasteiger partial charge in [0.05, 0.1) is 22.1 Å². The molecule has 0 saturated carbocycles. The summed E-state index contributed by atoms with van der Waals surface area (Å²) >= 11 is 0. The summed E-state index contributed by atoms with van der Waals surface area (Å²) in [6, 6.07) is 10.8. The quantitative estimate of drug-likeness (QED) is 0.693. The predicted octanol–water partition coefficient (Wildman–Crippen LogP) is 4.78. The van der Waals surface area contributed by atoms with Gasteiger partial charge in [0, 0.05) is 24.8 Å². The third-order valence-corrected chi connectivity index (χ3v) is 6.62. The van der Waals surface area contributed by atoms with E-state index in [2.05, 4.69) is 5.32 Å². The number of rotatable bonds is 7. The second-order valence-electron chi connectivity index (χ2n) is 6.39. The molecule has 9 heteroatoms. The van der Waals surface area contributed by atoms with Gasteiger partial charge in [-0.1, -0.05) is 26.0 Å². The highest BCUT2D eigenvalue weighted by Crippen LogP contribution is 2.34. The summed E-state index contributed by atoms with van der Waals surface area (Å²) in [5, 5.41) is 11.8. The van der Waals surface area contributed by atoms with E-state index in [4.69, 9.17) is 5.26 Å². The monoisotopic (exact) mass is 425 g/mol. The molecule has 0 heterocycles. The molecule has 2 aromatic rings. The minimum absolute atomic E-state index is 0.162. The molecule has 5 nitrogen and oxygen atoms in total. The predicted molar refractivity (Wildman–Crippen MR) is 105 cm³/mol. The fourth-order valence-electron chi connectivity index (χ4n) is 2.94. The third-order valence-electron chi connectivity index (χ3n) is 4.55. The molecule has 0 fully saturated rings. The fraction of sp³-hybridized carbons (Fsp3) is 0.350. The molecular weight excluding hydrogens is 403 g/mol. The second kappa shape index (κ2) is 8.84. The Balaban J connectivity index is 2.25. The summed E-state index contributed by atoms with van der Waals surface area (Å²) in [7, 11) is -3.57. The van der Waals surface area contributed by atoms with Crippen molar-refractivity contribution in [3.8, 4) is 6.07 Å². The number of benzene rings is 2. The zero-order valence-electron chi connectivity index (χ0n) is 16.3. The van der Waals surface area contributed by atoms with E-state index in [1.807, 2.05) is 0 Å². The van der Waals surface area contributed by atoms with Crippen LogP contribution in [0.25, 0.3) is 0 Å². The molecule has 0 aliphatic heterocycles. The Morgan fingerprint density at radius 3 is 2.17 bits per heavy atom. The van der Waals surface area contributed by atoms with E-state index in [0.29, 0.717) is 18.7 Å². The smallest absolute Gasteiger partial charge is 0.379 e. The summed E-state index contributed by atoms with van der Waals surface area (Å²) in [6.45, 7) is 5.99. The van der Waals surface area contributed by atoms with Gasteiger partial charge in [-0.05, 0) is 42.8 Å². The zero-order chi connectivity index (χ0) is 21.8. The molecular formula is C20H22F3N3O2S. The first-order valence-electron chi connectivity index (χ1n) is 9.02. The van der Waals surface area contributed by atoms with E-state index in [1.165, 1.54) is 22.5 Å². The number of anilines is 1. The van der Waals surface area contributed by atoms with Gasteiger partial charge in [-0.2, -0.15) is 22.7 Å². The van der Waals surface area contributed by atoms with Crippen molar-refractivity contribution in [2.45, 2.75) is 37.9 Å². The lowest BCUT2D eigenvalue weighted by molar-refractivity contribution is -0.137. The van der Waals surface area contributed by atoms with Crippen molar-refractivity contribution in [3.63, 3.8) is 0 Å². The van der Waals surface area contributed by atoms with Gasteiger partial charge in [-0.15, -0.1) is 0 Å². The van der Waals surface area contributed by atoms with Crippen LogP contribution in [-0.2, 0) is 16.2 Å². The minimum Gasteiger partial charge on any atom is -0.379 e. The number of nitrogens with zero attached hydrogens (tertiary/aromatic N) is 2. The number of hydrogen-bond acceptors (Lipinski definition) is 4. The molecule has 0 aromatic heterocycles. The Morgan fingerprint density at radius 2 is 1.69 bits per heavy atom. The molecule has 0 spiro atoms. The average Bonchev–Trinajstić information content (AvgIpc) is 2.68. The van der Waals surface area contributed by atoms with Crippen molar-refractivity contribution in [2.24, 2.45) is 0 Å². The highest BCUT2D eigenvalue weighted by molar-refractivity contribution is 7.89. The molecule has 2 aromatic carbocycles. The molecule has 0 amide bonds. The van der Waals surface area contributed by atoms with Gasteiger partial charge in [0.25, 0.3) is 0 Å². The van der Waals surface area contributed by atoms with Gasteiger partial charge in [-0.3, -0.25) is 0 Å². The maximum Gasteiger partial charge on any atom is 0.417 e. The number of hydrogen-bond donors (Lipinski definition) is 1. The second-order valence-corrected chi connectivity index (χ2v) is 8.33. The molecule has 0 radical (unpaired) electrons. The molecule has 0 aliphatic rings. The molecule has 0 bridgehead atoms. The van der Waals surface area contributed by atoms with Crippen LogP contribution < -0.4 is 5.32 Å². The summed E-state index contributed by atoms with van der Waals surface area (Å²) < 4.78 is 65.8. The van der Waals surface area contributed by atoms with E-state index >= 15 is 0 Å². The van der Waals surface area contributed by atoms with Crippen molar-refractivity contribution in [1.82, 2.24) is 4.31 Å². The molecule has 2 rings (SSSR count). The van der Waals surface area contributed by atoms with Crippen molar-refractivity contribution in [3.05, 3.63) is 59.2 Å². The molecule has 1 N–H and O–H groups in total. The topological polar surface area (TPSA) is 73.2 Å². The molecule has 0 saturated heterocycles. The number of nitriles is 1. The molecule has 0 aliphatic carbocycles. The van der Waals surface area contributed by atoms with Crippen molar-refractivity contribution >= 4 is 15.7 Å². The van der Waals surface area contributed by atoms with Crippen LogP contribution in [0.15, 0.2) is 47.4 Å². The Labute approximate surface area is 168 Å². The zero-order valence-corrected chi connectivity index (χ0v) is 17.1. The Hall–Kier alpha value is -2.57. The Morgan fingerprint density at radius 1 is 1.10 bits per heavy atom. The van der Waals surface area contributed by atoms with Crippen molar-refractivity contribution in [2.75, 3.05) is 18.4 Å². The number of sulfonamides is 1. The van der Waals surface area contributed by atoms with E-state index in [0.717, 1.165) is 12.1 Å². The van der Waals surface area contributed by atoms with E-state index in [-0.39, 0.29) is 16.6 Å². The van der Waals surface area contributed by atoms with Gasteiger partial charge in [0.2, 0.25) is 10.0 Å². The standard InChI is InChI=1S/C20H22F3N3O2S/c1-4-26(5-2)29(27,28)18-10-7-15(8-11-18)14(3)25-17-9-6-16(13-24)19(12-17)20(21,22)23/h6-12,14,25H,4-5H2,1-3H3. The van der Waals surface area contributed by atoms with E-state index < -0.39 is 27.3 Å². The van der Waals surface area contributed by atoms with Gasteiger partial charge in [0.15, 0.2) is 0 Å².